The van der Waals surface area contributed by atoms with Crippen LogP contribution in [0, 0.1) is 11.6 Å². The van der Waals surface area contributed by atoms with E-state index in [-0.39, 0.29) is 23.1 Å². The van der Waals surface area contributed by atoms with Crippen molar-refractivity contribution in [2.75, 3.05) is 10.2 Å². The Morgan fingerprint density at radius 3 is 2.42 bits per heavy atom. The van der Waals surface area contributed by atoms with Crippen LogP contribution in [0.1, 0.15) is 18.7 Å². The Hall–Kier alpha value is -3.52. The largest absolute Gasteiger partial charge is 0.489 e. The van der Waals surface area contributed by atoms with Gasteiger partial charge in [-0.1, -0.05) is 18.2 Å². The van der Waals surface area contributed by atoms with Crippen LogP contribution in [0.15, 0.2) is 65.7 Å². The van der Waals surface area contributed by atoms with Gasteiger partial charge in [-0.3, -0.25) is 9.59 Å². The number of hydrogen-bond acceptors (Lipinski definition) is 5. The fourth-order valence-electron chi connectivity index (χ4n) is 3.23. The number of hydrogen-bond donors (Lipinski definition) is 1. The molecule has 0 radical (unpaired) electrons. The molecule has 158 valence electrons. The molecule has 0 fully saturated rings. The SMILES string of the molecule is CC(C)Oc1ccccc1N1C(=O)C(Nc2ccc(F)c(F)c2)=C(c2cccs2)C1=O. The Kier molecular flexibility index (Phi) is 5.56. The van der Waals surface area contributed by atoms with Crippen LogP contribution in [-0.4, -0.2) is 17.9 Å². The Bertz CT molecular complexity index is 1190. The smallest absolute Gasteiger partial charge is 0.282 e. The van der Waals surface area contributed by atoms with Crippen LogP contribution in [0.25, 0.3) is 5.57 Å². The number of amides is 2. The van der Waals surface area contributed by atoms with Crippen molar-refractivity contribution in [1.29, 1.82) is 0 Å². The lowest BCUT2D eigenvalue weighted by molar-refractivity contribution is -0.120. The van der Waals surface area contributed by atoms with Gasteiger partial charge in [-0.05, 0) is 49.6 Å². The minimum atomic E-state index is -1.06. The average molecular weight is 440 g/mol. The van der Waals surface area contributed by atoms with Gasteiger partial charge in [-0.25, -0.2) is 13.7 Å². The Labute approximate surface area is 181 Å². The molecule has 1 N–H and O–H groups in total. The number of para-hydroxylation sites is 2. The normalized spacial score (nSPS) is 14.0. The van der Waals surface area contributed by atoms with Gasteiger partial charge < -0.3 is 10.1 Å². The lowest BCUT2D eigenvalue weighted by Gasteiger charge is -2.20. The van der Waals surface area contributed by atoms with Gasteiger partial charge in [0.15, 0.2) is 11.6 Å². The molecule has 0 unspecified atom stereocenters. The van der Waals surface area contributed by atoms with E-state index in [0.717, 1.165) is 17.0 Å². The number of halogens is 2. The topological polar surface area (TPSA) is 58.6 Å². The molecule has 1 aromatic heterocycles. The number of benzene rings is 2. The molecule has 2 heterocycles. The van der Waals surface area contributed by atoms with Crippen LogP contribution in [0.5, 0.6) is 5.75 Å². The maximum absolute atomic E-state index is 13.7. The maximum atomic E-state index is 13.7. The molecule has 0 bridgehead atoms. The van der Waals surface area contributed by atoms with Gasteiger partial charge in [-0.15, -0.1) is 11.3 Å². The lowest BCUT2D eigenvalue weighted by Crippen LogP contribution is -2.33. The van der Waals surface area contributed by atoms with Crippen LogP contribution < -0.4 is 15.0 Å². The zero-order chi connectivity index (χ0) is 22.1. The third-order valence-electron chi connectivity index (χ3n) is 4.51. The van der Waals surface area contributed by atoms with E-state index in [0.29, 0.717) is 16.3 Å². The van der Waals surface area contributed by atoms with Crippen molar-refractivity contribution in [3.8, 4) is 5.75 Å². The predicted octanol–water partition coefficient (Wildman–Crippen LogP) is 5.21. The first-order chi connectivity index (χ1) is 14.9. The minimum Gasteiger partial charge on any atom is -0.489 e. The molecule has 0 spiro atoms. The fourth-order valence-corrected chi connectivity index (χ4v) is 4.00. The second-order valence-corrected chi connectivity index (χ2v) is 8.01. The highest BCUT2D eigenvalue weighted by atomic mass is 32.1. The van der Waals surface area contributed by atoms with Crippen LogP contribution in [0.2, 0.25) is 0 Å². The molecule has 1 aliphatic heterocycles. The van der Waals surface area contributed by atoms with Crippen LogP contribution >= 0.6 is 11.3 Å². The number of thiophene rings is 1. The quantitative estimate of drug-likeness (QED) is 0.535. The van der Waals surface area contributed by atoms with E-state index in [1.165, 1.54) is 17.4 Å². The maximum Gasteiger partial charge on any atom is 0.282 e. The summed E-state index contributed by atoms with van der Waals surface area (Å²) in [7, 11) is 0. The van der Waals surface area contributed by atoms with E-state index in [2.05, 4.69) is 5.32 Å². The van der Waals surface area contributed by atoms with Gasteiger partial charge in [-0.2, -0.15) is 0 Å². The molecule has 2 aromatic carbocycles. The van der Waals surface area contributed by atoms with Crippen LogP contribution in [0.3, 0.4) is 0 Å². The molecule has 2 amide bonds. The molecular weight excluding hydrogens is 422 g/mol. The molecule has 4 rings (SSSR count). The summed E-state index contributed by atoms with van der Waals surface area (Å²) in [6, 6.07) is 13.4. The van der Waals surface area contributed by atoms with Crippen molar-refractivity contribution in [2.24, 2.45) is 0 Å². The average Bonchev–Trinajstić information content (AvgIpc) is 3.32. The fraction of sp³-hybridized carbons (Fsp3) is 0.130. The number of imide groups is 1. The summed E-state index contributed by atoms with van der Waals surface area (Å²) in [5, 5.41) is 4.60. The number of carbonyl (C=O) groups is 2. The first-order valence-corrected chi connectivity index (χ1v) is 10.4. The van der Waals surface area contributed by atoms with Crippen molar-refractivity contribution in [3.63, 3.8) is 0 Å². The van der Waals surface area contributed by atoms with Gasteiger partial charge in [0.2, 0.25) is 0 Å². The molecule has 5 nitrogen and oxygen atoms in total. The molecular formula is C23H18F2N2O3S. The molecule has 0 saturated carbocycles. The van der Waals surface area contributed by atoms with Crippen molar-refractivity contribution in [2.45, 2.75) is 20.0 Å². The highest BCUT2D eigenvalue weighted by Crippen LogP contribution is 2.39. The Morgan fingerprint density at radius 1 is 0.968 bits per heavy atom. The zero-order valence-electron chi connectivity index (χ0n) is 16.7. The van der Waals surface area contributed by atoms with Crippen molar-refractivity contribution in [3.05, 3.63) is 82.2 Å². The molecule has 0 aliphatic carbocycles. The standard InChI is InChI=1S/C23H18F2N2O3S/c1-13(2)30-18-7-4-3-6-17(18)27-22(28)20(19-8-5-11-31-19)21(23(27)29)26-14-9-10-15(24)16(25)12-14/h3-13,26H,1-2H3. The minimum absolute atomic E-state index is 0.0159. The number of rotatable bonds is 6. The first-order valence-electron chi connectivity index (χ1n) is 9.51. The van der Waals surface area contributed by atoms with E-state index in [1.807, 2.05) is 13.8 Å². The molecule has 0 atom stereocenters. The highest BCUT2D eigenvalue weighted by Gasteiger charge is 2.42. The summed E-state index contributed by atoms with van der Waals surface area (Å²) in [4.78, 5) is 28.4. The number of carbonyl (C=O) groups excluding carboxylic acids is 2. The van der Waals surface area contributed by atoms with Crippen molar-refractivity contribution in [1.82, 2.24) is 0 Å². The second-order valence-electron chi connectivity index (χ2n) is 7.06. The van der Waals surface area contributed by atoms with Crippen LogP contribution in [0.4, 0.5) is 20.2 Å². The van der Waals surface area contributed by atoms with E-state index < -0.39 is 23.4 Å². The summed E-state index contributed by atoms with van der Waals surface area (Å²) >= 11 is 1.30. The second kappa shape index (κ2) is 8.31. The number of anilines is 2. The summed E-state index contributed by atoms with van der Waals surface area (Å²) < 4.78 is 32.8. The monoisotopic (exact) mass is 440 g/mol. The molecule has 1 aliphatic rings. The Morgan fingerprint density at radius 2 is 1.74 bits per heavy atom. The van der Waals surface area contributed by atoms with Gasteiger partial charge in [0.05, 0.1) is 17.4 Å². The molecule has 31 heavy (non-hydrogen) atoms. The summed E-state index contributed by atoms with van der Waals surface area (Å²) in [5.41, 5.74) is 0.599. The van der Waals surface area contributed by atoms with Gasteiger partial charge in [0, 0.05) is 16.6 Å². The number of nitrogens with zero attached hydrogens (tertiary/aromatic N) is 1. The van der Waals surface area contributed by atoms with E-state index in [9.17, 15) is 18.4 Å². The van der Waals surface area contributed by atoms with Crippen molar-refractivity contribution < 1.29 is 23.1 Å². The lowest BCUT2D eigenvalue weighted by atomic mass is 10.2. The van der Waals surface area contributed by atoms with E-state index in [1.54, 1.807) is 41.8 Å². The predicted molar refractivity (Wildman–Crippen MR) is 116 cm³/mol. The van der Waals surface area contributed by atoms with Crippen molar-refractivity contribution >= 4 is 40.1 Å². The summed E-state index contributed by atoms with van der Waals surface area (Å²) in [6.07, 6.45) is -0.168. The molecule has 3 aromatic rings. The molecule has 0 saturated heterocycles. The van der Waals surface area contributed by atoms with Gasteiger partial charge in [0.1, 0.15) is 11.4 Å². The number of nitrogens with one attached hydrogen (secondary N) is 1. The third kappa shape index (κ3) is 3.94. The molecule has 8 heteroatoms. The van der Waals surface area contributed by atoms with E-state index in [4.69, 9.17) is 4.74 Å². The summed E-state index contributed by atoms with van der Waals surface area (Å²) in [5.74, 6) is -2.82. The van der Waals surface area contributed by atoms with E-state index >= 15 is 0 Å². The number of ether oxygens (including phenoxy) is 1. The zero-order valence-corrected chi connectivity index (χ0v) is 17.5. The highest BCUT2D eigenvalue weighted by molar-refractivity contribution is 7.11. The summed E-state index contributed by atoms with van der Waals surface area (Å²) in [6.45, 7) is 3.69. The van der Waals surface area contributed by atoms with Crippen LogP contribution in [-0.2, 0) is 9.59 Å². The first kappa shape index (κ1) is 20.7. The Balaban J connectivity index is 1.80. The van der Waals surface area contributed by atoms with Gasteiger partial charge in [0.25, 0.3) is 11.8 Å². The van der Waals surface area contributed by atoms with Gasteiger partial charge >= 0.3 is 0 Å². The third-order valence-corrected chi connectivity index (χ3v) is 5.40.